The Hall–Kier alpha value is -3.33. The summed E-state index contributed by atoms with van der Waals surface area (Å²) in [6.07, 6.45) is 2.60. The second-order valence-electron chi connectivity index (χ2n) is 6.40. The number of aliphatic imine (C=N–C) groups is 1. The van der Waals surface area contributed by atoms with Gasteiger partial charge in [0.25, 0.3) is 0 Å². The Morgan fingerprint density at radius 3 is 1.79 bits per heavy atom. The number of hydrogen-bond acceptors (Lipinski definition) is 3. The topological polar surface area (TPSA) is 30.8 Å². The van der Waals surface area contributed by atoms with Crippen LogP contribution < -0.4 is 9.47 Å². The van der Waals surface area contributed by atoms with Gasteiger partial charge in [0, 0.05) is 17.2 Å². The monoisotopic (exact) mass is 371 g/mol. The van der Waals surface area contributed by atoms with Gasteiger partial charge in [0.15, 0.2) is 0 Å². The lowest BCUT2D eigenvalue weighted by Crippen LogP contribution is -2.07. The molecular formula is C25H25NO2. The first-order chi connectivity index (χ1) is 13.7. The summed E-state index contributed by atoms with van der Waals surface area (Å²) in [5.74, 6) is 1.50. The molecule has 0 saturated heterocycles. The summed E-state index contributed by atoms with van der Waals surface area (Å²) < 4.78 is 10.9. The lowest BCUT2D eigenvalue weighted by atomic mass is 9.99. The molecule has 0 aromatic heterocycles. The zero-order valence-corrected chi connectivity index (χ0v) is 16.3. The Bertz CT molecular complexity index is 870. The molecule has 3 rings (SSSR count). The third-order valence-corrected chi connectivity index (χ3v) is 4.53. The van der Waals surface area contributed by atoms with Crippen LogP contribution in [-0.2, 0) is 0 Å². The van der Waals surface area contributed by atoms with Gasteiger partial charge in [-0.1, -0.05) is 66.7 Å². The number of rotatable bonds is 8. The van der Waals surface area contributed by atoms with Gasteiger partial charge in [-0.05, 0) is 24.1 Å². The van der Waals surface area contributed by atoms with Gasteiger partial charge in [-0.2, -0.15) is 0 Å². The molecule has 28 heavy (non-hydrogen) atoms. The summed E-state index contributed by atoms with van der Waals surface area (Å²) in [4.78, 5) is 5.16. The highest BCUT2D eigenvalue weighted by Crippen LogP contribution is 2.31. The van der Waals surface area contributed by atoms with Crippen LogP contribution in [0.25, 0.3) is 0 Å². The highest BCUT2D eigenvalue weighted by Gasteiger charge is 2.15. The maximum atomic E-state index is 5.45. The predicted molar refractivity (Wildman–Crippen MR) is 116 cm³/mol. The molecule has 0 spiro atoms. The van der Waals surface area contributed by atoms with E-state index < -0.39 is 0 Å². The van der Waals surface area contributed by atoms with E-state index in [1.165, 1.54) is 0 Å². The minimum Gasteiger partial charge on any atom is -0.497 e. The summed E-state index contributed by atoms with van der Waals surface area (Å²) in [7, 11) is 3.31. The standard InChI is InChI=1S/C25H25NO2/c1-4-11-24(21-16-22(27-2)18-23(17-21)28-3)26-25(19-12-7-5-8-13-19)20-14-9-6-10-15-20/h4-10,12-18,24H,1,11H2,2-3H3/t24-/m0/s1. The van der Waals surface area contributed by atoms with Crippen LogP contribution in [0.2, 0.25) is 0 Å². The smallest absolute Gasteiger partial charge is 0.122 e. The van der Waals surface area contributed by atoms with Crippen LogP contribution in [0.3, 0.4) is 0 Å². The number of ether oxygens (including phenoxy) is 2. The van der Waals surface area contributed by atoms with E-state index in [-0.39, 0.29) is 6.04 Å². The van der Waals surface area contributed by atoms with Crippen molar-refractivity contribution >= 4 is 5.71 Å². The molecule has 0 heterocycles. The average Bonchev–Trinajstić information content (AvgIpc) is 2.77. The van der Waals surface area contributed by atoms with E-state index in [2.05, 4.69) is 30.8 Å². The quantitative estimate of drug-likeness (QED) is 0.367. The fourth-order valence-corrected chi connectivity index (χ4v) is 3.11. The maximum Gasteiger partial charge on any atom is 0.122 e. The molecular weight excluding hydrogens is 346 g/mol. The van der Waals surface area contributed by atoms with Crippen LogP contribution in [-0.4, -0.2) is 19.9 Å². The molecule has 3 nitrogen and oxygen atoms in total. The van der Waals surface area contributed by atoms with Crippen molar-refractivity contribution in [3.05, 3.63) is 108 Å². The summed E-state index contributed by atoms with van der Waals surface area (Å²) in [5, 5.41) is 0. The van der Waals surface area contributed by atoms with E-state index in [1.54, 1.807) is 14.2 Å². The van der Waals surface area contributed by atoms with Gasteiger partial charge in [-0.25, -0.2) is 0 Å². The molecule has 1 atom stereocenters. The van der Waals surface area contributed by atoms with E-state index >= 15 is 0 Å². The summed E-state index contributed by atoms with van der Waals surface area (Å²) in [5.41, 5.74) is 4.14. The van der Waals surface area contributed by atoms with Gasteiger partial charge < -0.3 is 9.47 Å². The zero-order valence-electron chi connectivity index (χ0n) is 16.3. The molecule has 3 aromatic rings. The Labute approximate surface area is 167 Å². The molecule has 0 saturated carbocycles. The van der Waals surface area contributed by atoms with E-state index in [1.807, 2.05) is 60.7 Å². The highest BCUT2D eigenvalue weighted by atomic mass is 16.5. The van der Waals surface area contributed by atoms with Gasteiger partial charge in [-0.15, -0.1) is 6.58 Å². The first-order valence-corrected chi connectivity index (χ1v) is 9.27. The van der Waals surface area contributed by atoms with Crippen molar-refractivity contribution in [1.29, 1.82) is 0 Å². The van der Waals surface area contributed by atoms with Crippen molar-refractivity contribution in [3.63, 3.8) is 0 Å². The van der Waals surface area contributed by atoms with Crippen LogP contribution in [0.4, 0.5) is 0 Å². The Morgan fingerprint density at radius 2 is 1.36 bits per heavy atom. The van der Waals surface area contributed by atoms with E-state index in [4.69, 9.17) is 14.5 Å². The van der Waals surface area contributed by atoms with E-state index in [0.29, 0.717) is 6.42 Å². The second-order valence-corrected chi connectivity index (χ2v) is 6.40. The first kappa shape index (κ1) is 19.4. The van der Waals surface area contributed by atoms with Gasteiger partial charge in [0.05, 0.1) is 26.0 Å². The third kappa shape index (κ3) is 4.68. The minimum absolute atomic E-state index is 0.100. The largest absolute Gasteiger partial charge is 0.497 e. The van der Waals surface area contributed by atoms with Crippen LogP contribution >= 0.6 is 0 Å². The fraction of sp³-hybridized carbons (Fsp3) is 0.160. The highest BCUT2D eigenvalue weighted by molar-refractivity contribution is 6.13. The Kier molecular flexibility index (Phi) is 6.64. The summed E-state index contributed by atoms with van der Waals surface area (Å²) in [6.45, 7) is 3.93. The number of benzene rings is 3. The summed E-state index contributed by atoms with van der Waals surface area (Å²) >= 11 is 0. The Balaban J connectivity index is 2.13. The van der Waals surface area contributed by atoms with Gasteiger partial charge in [0.2, 0.25) is 0 Å². The zero-order chi connectivity index (χ0) is 19.8. The van der Waals surface area contributed by atoms with E-state index in [9.17, 15) is 0 Å². The lowest BCUT2D eigenvalue weighted by Gasteiger charge is -2.17. The molecule has 0 aliphatic rings. The maximum absolute atomic E-state index is 5.45. The van der Waals surface area contributed by atoms with Crippen molar-refractivity contribution in [1.82, 2.24) is 0 Å². The normalized spacial score (nSPS) is 11.4. The van der Waals surface area contributed by atoms with Crippen molar-refractivity contribution in [2.24, 2.45) is 4.99 Å². The molecule has 0 amide bonds. The second kappa shape index (κ2) is 9.56. The summed E-state index contributed by atoms with van der Waals surface area (Å²) in [6, 6.07) is 26.3. The number of hydrogen-bond donors (Lipinski definition) is 0. The average molecular weight is 371 g/mol. The minimum atomic E-state index is -0.100. The van der Waals surface area contributed by atoms with Gasteiger partial charge in [-0.3, -0.25) is 4.99 Å². The van der Waals surface area contributed by atoms with E-state index in [0.717, 1.165) is 33.9 Å². The molecule has 0 fully saturated rings. The SMILES string of the molecule is C=CC[C@H](N=C(c1ccccc1)c1ccccc1)c1cc(OC)cc(OC)c1. The van der Waals surface area contributed by atoms with Gasteiger partial charge in [0.1, 0.15) is 11.5 Å². The van der Waals surface area contributed by atoms with Crippen molar-refractivity contribution in [2.45, 2.75) is 12.5 Å². The van der Waals surface area contributed by atoms with Gasteiger partial charge >= 0.3 is 0 Å². The Morgan fingerprint density at radius 1 is 0.857 bits per heavy atom. The molecule has 0 aliphatic heterocycles. The van der Waals surface area contributed by atoms with Crippen molar-refractivity contribution < 1.29 is 9.47 Å². The first-order valence-electron chi connectivity index (χ1n) is 9.27. The molecule has 0 bridgehead atoms. The molecule has 0 N–H and O–H groups in total. The number of nitrogens with zero attached hydrogens (tertiary/aromatic N) is 1. The van der Waals surface area contributed by atoms with Crippen LogP contribution in [0.1, 0.15) is 29.2 Å². The van der Waals surface area contributed by atoms with Crippen LogP contribution in [0.5, 0.6) is 11.5 Å². The van der Waals surface area contributed by atoms with Crippen molar-refractivity contribution in [2.75, 3.05) is 14.2 Å². The third-order valence-electron chi connectivity index (χ3n) is 4.53. The molecule has 3 aromatic carbocycles. The molecule has 0 radical (unpaired) electrons. The molecule has 3 heteroatoms. The van der Waals surface area contributed by atoms with Crippen molar-refractivity contribution in [3.8, 4) is 11.5 Å². The fourth-order valence-electron chi connectivity index (χ4n) is 3.11. The number of methoxy groups -OCH3 is 2. The van der Waals surface area contributed by atoms with Crippen LogP contribution in [0.15, 0.2) is 96.5 Å². The predicted octanol–water partition coefficient (Wildman–Crippen LogP) is 5.86. The van der Waals surface area contributed by atoms with Crippen LogP contribution in [0, 0.1) is 0 Å². The molecule has 0 unspecified atom stereocenters. The molecule has 142 valence electrons. The molecule has 0 aliphatic carbocycles. The lowest BCUT2D eigenvalue weighted by molar-refractivity contribution is 0.392.